The van der Waals surface area contributed by atoms with Gasteiger partial charge in [-0.15, -0.1) is 0 Å². The summed E-state index contributed by atoms with van der Waals surface area (Å²) in [5.41, 5.74) is 0. The molecule has 6 heavy (non-hydrogen) atoms. The number of hydrogen-bond acceptors (Lipinski definition) is 2. The van der Waals surface area contributed by atoms with E-state index in [1.54, 1.807) is 0 Å². The maximum absolute atomic E-state index is 9.16. The minimum Gasteiger partial charge on any atom is -0.301 e. The third kappa shape index (κ3) is 4.07. The Bertz CT molecular complexity index is 68.0. The number of hydrogen-bond donors (Lipinski definition) is 2. The van der Waals surface area contributed by atoms with E-state index < -0.39 is 7.82 Å². The van der Waals surface area contributed by atoms with E-state index in [-0.39, 0.29) is 0 Å². The second-order valence-corrected chi connectivity index (χ2v) is 1.70. The molecule has 0 unspecified atom stereocenters. The second-order valence-electron chi connectivity index (χ2n) is 0.565. The number of phosphoric acid groups is 1. The zero-order valence-corrected chi connectivity index (χ0v) is 3.46. The first-order valence-corrected chi connectivity index (χ1v) is 2.46. The van der Waals surface area contributed by atoms with E-state index >= 15 is 0 Å². The maximum atomic E-state index is 9.16. The molecule has 2 N–H and O–H groups in total. The van der Waals surface area contributed by atoms with Crippen LogP contribution >= 0.6 is 7.82 Å². The van der Waals surface area contributed by atoms with Crippen LogP contribution in [0.1, 0.15) is 0 Å². The minimum atomic E-state index is -4.70. The highest BCUT2D eigenvalue weighted by Crippen LogP contribution is 2.33. The highest BCUT2D eigenvalue weighted by atomic mass is 31.2. The smallest absolute Gasteiger partial charge is 0.301 e. The molecule has 0 fully saturated rings. The summed E-state index contributed by atoms with van der Waals surface area (Å²) in [5, 5.41) is 8.69. The SMILES string of the molecule is [O]OP(=O)(O)O. The Morgan fingerprint density at radius 2 is 1.67 bits per heavy atom. The van der Waals surface area contributed by atoms with E-state index in [1.807, 2.05) is 0 Å². The van der Waals surface area contributed by atoms with E-state index in [2.05, 4.69) is 4.67 Å². The van der Waals surface area contributed by atoms with E-state index in [0.29, 0.717) is 0 Å². The monoisotopic (exact) mass is 113 g/mol. The van der Waals surface area contributed by atoms with Crippen LogP contribution in [0.25, 0.3) is 0 Å². The first-order valence-electron chi connectivity index (χ1n) is 0.932. The van der Waals surface area contributed by atoms with Crippen molar-refractivity contribution in [2.45, 2.75) is 0 Å². The predicted molar refractivity (Wildman–Crippen MR) is 13.8 cm³/mol. The van der Waals surface area contributed by atoms with Crippen LogP contribution in [0.2, 0.25) is 0 Å². The van der Waals surface area contributed by atoms with E-state index in [0.717, 1.165) is 0 Å². The molecule has 5 nitrogen and oxygen atoms in total. The van der Waals surface area contributed by atoms with Crippen molar-refractivity contribution in [1.82, 2.24) is 0 Å². The van der Waals surface area contributed by atoms with Crippen molar-refractivity contribution in [2.24, 2.45) is 0 Å². The van der Waals surface area contributed by atoms with Gasteiger partial charge in [-0.25, -0.2) is 4.57 Å². The molecule has 6 heteroatoms. The van der Waals surface area contributed by atoms with Gasteiger partial charge in [0, 0.05) is 0 Å². The summed E-state index contributed by atoms with van der Waals surface area (Å²) in [5.74, 6) is 0. The molecular weight excluding hydrogens is 111 g/mol. The van der Waals surface area contributed by atoms with Gasteiger partial charge in [-0.1, -0.05) is 4.67 Å². The molecule has 0 atom stereocenters. The largest absolute Gasteiger partial charge is 0.499 e. The fourth-order valence-corrected chi connectivity index (χ4v) is 0. The Hall–Kier alpha value is 0.0700. The van der Waals surface area contributed by atoms with Crippen LogP contribution in [-0.4, -0.2) is 9.79 Å². The highest BCUT2D eigenvalue weighted by molar-refractivity contribution is 7.46. The third-order valence-electron chi connectivity index (χ3n) is 0.0971. The first kappa shape index (κ1) is 6.07. The minimum absolute atomic E-state index is 2.35. The van der Waals surface area contributed by atoms with Crippen LogP contribution in [0.4, 0.5) is 0 Å². The lowest BCUT2D eigenvalue weighted by molar-refractivity contribution is -0.225. The van der Waals surface area contributed by atoms with Gasteiger partial charge in [0.2, 0.25) is 0 Å². The van der Waals surface area contributed by atoms with Gasteiger partial charge in [0.05, 0.1) is 0 Å². The Labute approximate surface area is 33.3 Å². The molecule has 0 heterocycles. The molecule has 0 saturated carbocycles. The fraction of sp³-hybridized carbons (Fsp3) is 0. The Kier molecular flexibility index (Phi) is 1.70. The van der Waals surface area contributed by atoms with Gasteiger partial charge in [-0.05, 0) is 5.26 Å². The third-order valence-corrected chi connectivity index (χ3v) is 0.291. The average molecular weight is 113 g/mol. The lowest BCUT2D eigenvalue weighted by atomic mass is 15.0. The Morgan fingerprint density at radius 1 is 1.50 bits per heavy atom. The summed E-state index contributed by atoms with van der Waals surface area (Å²) in [6.45, 7) is 0. The van der Waals surface area contributed by atoms with Gasteiger partial charge >= 0.3 is 7.82 Å². The van der Waals surface area contributed by atoms with Crippen LogP contribution in [0.5, 0.6) is 0 Å². The molecule has 0 aromatic heterocycles. The van der Waals surface area contributed by atoms with Gasteiger partial charge < -0.3 is 9.79 Å². The lowest BCUT2D eigenvalue weighted by Gasteiger charge is -1.88. The van der Waals surface area contributed by atoms with Crippen molar-refractivity contribution in [3.63, 3.8) is 0 Å². The van der Waals surface area contributed by atoms with E-state index in [4.69, 9.17) is 19.6 Å². The van der Waals surface area contributed by atoms with Gasteiger partial charge in [0.1, 0.15) is 0 Å². The predicted octanol–water partition coefficient (Wildman–Crippen LogP) is -0.559. The zero-order chi connectivity index (χ0) is 5.21. The van der Waals surface area contributed by atoms with Crippen LogP contribution in [0.3, 0.4) is 0 Å². The molecule has 1 radical (unpaired) electrons. The summed E-state index contributed by atoms with van der Waals surface area (Å²) in [7, 11) is -4.70. The molecule has 0 aromatic carbocycles. The fourth-order valence-electron chi connectivity index (χ4n) is 0. The molecule has 0 rings (SSSR count). The van der Waals surface area contributed by atoms with Gasteiger partial charge in [0.15, 0.2) is 0 Å². The molecule has 0 aromatic rings. The molecular formula is H2O5P. The quantitative estimate of drug-likeness (QED) is 0.271. The molecule has 0 aliphatic rings. The number of rotatable bonds is 1. The van der Waals surface area contributed by atoms with Crippen molar-refractivity contribution < 1.29 is 24.3 Å². The summed E-state index contributed by atoms with van der Waals surface area (Å²) < 4.78 is 11.5. The van der Waals surface area contributed by atoms with Crippen molar-refractivity contribution in [3.8, 4) is 0 Å². The molecule has 0 aliphatic carbocycles. The van der Waals surface area contributed by atoms with Crippen LogP contribution in [0.15, 0.2) is 0 Å². The highest BCUT2D eigenvalue weighted by Gasteiger charge is 2.12. The Balaban J connectivity index is 3.48. The van der Waals surface area contributed by atoms with Crippen LogP contribution in [0, 0.1) is 0 Å². The zero-order valence-electron chi connectivity index (χ0n) is 2.57. The Morgan fingerprint density at radius 3 is 1.67 bits per heavy atom. The maximum Gasteiger partial charge on any atom is 0.499 e. The normalized spacial score (nSPS) is 11.8. The van der Waals surface area contributed by atoms with Gasteiger partial charge in [-0.3, -0.25) is 0 Å². The molecule has 0 spiro atoms. The molecule has 37 valence electrons. The van der Waals surface area contributed by atoms with Crippen LogP contribution in [-0.2, 0) is 14.5 Å². The molecule has 0 amide bonds. The first-order chi connectivity index (χ1) is 2.56. The van der Waals surface area contributed by atoms with Crippen molar-refractivity contribution in [3.05, 3.63) is 0 Å². The topological polar surface area (TPSA) is 86.7 Å². The van der Waals surface area contributed by atoms with Crippen molar-refractivity contribution in [2.75, 3.05) is 0 Å². The summed E-state index contributed by atoms with van der Waals surface area (Å²) in [6.07, 6.45) is 0. The molecule has 0 saturated heterocycles. The van der Waals surface area contributed by atoms with E-state index in [1.165, 1.54) is 0 Å². The van der Waals surface area contributed by atoms with Gasteiger partial charge in [-0.2, -0.15) is 0 Å². The summed E-state index contributed by atoms with van der Waals surface area (Å²) >= 11 is 0. The van der Waals surface area contributed by atoms with Crippen molar-refractivity contribution >= 4 is 7.82 Å². The second kappa shape index (κ2) is 1.68. The standard InChI is InChI=1S/H2O5P/c1-5-6(2,3)4/h(H2,2,3,4). The van der Waals surface area contributed by atoms with E-state index in [9.17, 15) is 0 Å². The average Bonchev–Trinajstić information content (AvgIpc) is 1.35. The lowest BCUT2D eigenvalue weighted by Crippen LogP contribution is -1.75. The summed E-state index contributed by atoms with van der Waals surface area (Å²) in [6, 6.07) is 0. The molecule has 0 aliphatic heterocycles. The van der Waals surface area contributed by atoms with Crippen LogP contribution < -0.4 is 0 Å². The summed E-state index contributed by atoms with van der Waals surface area (Å²) in [4.78, 5) is 14.8. The molecule has 0 bridgehead atoms. The van der Waals surface area contributed by atoms with Gasteiger partial charge in [0.25, 0.3) is 0 Å². The van der Waals surface area contributed by atoms with Crippen molar-refractivity contribution in [1.29, 1.82) is 0 Å².